The number of hydrogen-bond donors (Lipinski definition) is 3. The van der Waals surface area contributed by atoms with Crippen molar-refractivity contribution >= 4 is 17.0 Å². The molecule has 2 aliphatic carbocycles. The molecule has 30 heavy (non-hydrogen) atoms. The number of nitrogens with zero attached hydrogens (tertiary/aromatic N) is 1. The van der Waals surface area contributed by atoms with Crippen LogP contribution in [0.4, 0.5) is 0 Å². The highest BCUT2D eigenvalue weighted by Gasteiger charge is 2.52. The monoisotopic (exact) mass is 413 g/mol. The number of carbonyl (C=O) groups excluding carboxylic acids is 1. The van der Waals surface area contributed by atoms with E-state index >= 15 is 0 Å². The second kappa shape index (κ2) is 7.85. The summed E-state index contributed by atoms with van der Waals surface area (Å²) < 4.78 is 5.11. The van der Waals surface area contributed by atoms with Crippen molar-refractivity contribution in [2.24, 2.45) is 5.92 Å². The highest BCUT2D eigenvalue weighted by molar-refractivity contribution is 5.92. The molecule has 1 amide bonds. The quantitative estimate of drug-likeness (QED) is 0.675. The number of likely N-dealkylation sites (tertiary alicyclic amines) is 1. The van der Waals surface area contributed by atoms with Crippen molar-refractivity contribution < 1.29 is 14.3 Å². The largest absolute Gasteiger partial charge is 0.417 e. The molecule has 0 spiro atoms. The lowest BCUT2D eigenvalue weighted by Gasteiger charge is -2.34. The fourth-order valence-electron chi connectivity index (χ4n) is 5.43. The summed E-state index contributed by atoms with van der Waals surface area (Å²) in [6.07, 6.45) is 8.30. The number of rotatable bonds is 6. The molecule has 0 radical (unpaired) electrons. The average Bonchev–Trinajstić information content (AvgIpc) is 3.33. The lowest BCUT2D eigenvalue weighted by Crippen LogP contribution is -2.51. The van der Waals surface area contributed by atoms with Gasteiger partial charge in [-0.05, 0) is 55.7 Å². The molecule has 2 heterocycles. The number of carbonyl (C=O) groups is 1. The number of aliphatic hydroxyl groups is 1. The van der Waals surface area contributed by atoms with Gasteiger partial charge in [0.15, 0.2) is 5.58 Å². The number of aliphatic hydroxyl groups excluding tert-OH is 1. The van der Waals surface area contributed by atoms with Crippen LogP contribution in [0, 0.1) is 5.92 Å². The highest BCUT2D eigenvalue weighted by Crippen LogP contribution is 2.49. The first kappa shape index (κ1) is 19.8. The first-order chi connectivity index (χ1) is 14.5. The zero-order valence-corrected chi connectivity index (χ0v) is 17.4. The van der Waals surface area contributed by atoms with Gasteiger partial charge in [0, 0.05) is 25.7 Å². The Morgan fingerprint density at radius 2 is 2.07 bits per heavy atom. The van der Waals surface area contributed by atoms with E-state index < -0.39 is 11.2 Å². The van der Waals surface area contributed by atoms with Crippen LogP contribution in [0.3, 0.4) is 0 Å². The van der Waals surface area contributed by atoms with Gasteiger partial charge in [-0.2, -0.15) is 0 Å². The van der Waals surface area contributed by atoms with Gasteiger partial charge < -0.3 is 14.8 Å². The molecule has 7 heteroatoms. The van der Waals surface area contributed by atoms with Crippen LogP contribution in [0.25, 0.3) is 11.1 Å². The average molecular weight is 414 g/mol. The zero-order valence-electron chi connectivity index (χ0n) is 17.4. The number of aromatic nitrogens is 1. The second-order valence-corrected chi connectivity index (χ2v) is 9.49. The number of aromatic amines is 1. The van der Waals surface area contributed by atoms with Crippen LogP contribution in [-0.4, -0.2) is 52.7 Å². The van der Waals surface area contributed by atoms with Gasteiger partial charge in [0.2, 0.25) is 5.91 Å². The molecule has 7 nitrogen and oxygen atoms in total. The van der Waals surface area contributed by atoms with Crippen molar-refractivity contribution in [3.8, 4) is 0 Å². The van der Waals surface area contributed by atoms with Gasteiger partial charge in [0.25, 0.3) is 0 Å². The van der Waals surface area contributed by atoms with Crippen molar-refractivity contribution in [3.05, 3.63) is 34.3 Å². The maximum absolute atomic E-state index is 13.5. The van der Waals surface area contributed by atoms with Gasteiger partial charge in [-0.15, -0.1) is 0 Å². The fourth-order valence-corrected chi connectivity index (χ4v) is 5.43. The van der Waals surface area contributed by atoms with E-state index in [0.29, 0.717) is 23.6 Å². The minimum Gasteiger partial charge on any atom is -0.408 e. The van der Waals surface area contributed by atoms with Crippen LogP contribution in [0.1, 0.15) is 56.9 Å². The van der Waals surface area contributed by atoms with Crippen LogP contribution < -0.4 is 11.1 Å². The van der Waals surface area contributed by atoms with E-state index in [-0.39, 0.29) is 18.1 Å². The molecule has 1 aromatic heterocycles. The first-order valence-electron chi connectivity index (χ1n) is 11.4. The molecule has 1 saturated heterocycles. The van der Waals surface area contributed by atoms with E-state index in [1.807, 2.05) is 12.1 Å². The molecular weight excluding hydrogens is 382 g/mol. The van der Waals surface area contributed by atoms with E-state index in [1.165, 1.54) is 19.3 Å². The Hall–Kier alpha value is -2.12. The van der Waals surface area contributed by atoms with Crippen molar-refractivity contribution in [2.45, 2.75) is 68.9 Å². The number of fused-ring (bicyclic) bond motifs is 1. The minimum absolute atomic E-state index is 0.100. The van der Waals surface area contributed by atoms with Crippen molar-refractivity contribution in [1.29, 1.82) is 0 Å². The Kier molecular flexibility index (Phi) is 5.19. The maximum Gasteiger partial charge on any atom is 0.417 e. The van der Waals surface area contributed by atoms with Crippen LogP contribution in [0.5, 0.6) is 0 Å². The summed E-state index contributed by atoms with van der Waals surface area (Å²) in [5, 5.41) is 13.3. The third kappa shape index (κ3) is 3.81. The molecule has 1 unspecified atom stereocenters. The van der Waals surface area contributed by atoms with E-state index in [2.05, 4.69) is 15.2 Å². The summed E-state index contributed by atoms with van der Waals surface area (Å²) >= 11 is 0. The van der Waals surface area contributed by atoms with Gasteiger partial charge >= 0.3 is 5.76 Å². The molecule has 5 rings (SSSR count). The summed E-state index contributed by atoms with van der Waals surface area (Å²) in [5.74, 6) is 0.133. The summed E-state index contributed by atoms with van der Waals surface area (Å²) in [4.78, 5) is 30.0. The first-order valence-corrected chi connectivity index (χ1v) is 11.4. The number of H-pyrrole nitrogens is 1. The highest BCUT2D eigenvalue weighted by atomic mass is 16.4. The zero-order chi connectivity index (χ0) is 20.7. The number of hydrogen-bond acceptors (Lipinski definition) is 5. The molecule has 3 fully saturated rings. The molecule has 3 aliphatic rings. The van der Waals surface area contributed by atoms with Gasteiger partial charge in [-0.1, -0.05) is 25.3 Å². The Balaban J connectivity index is 1.34. The molecular formula is C23H31N3O4. The third-order valence-electron chi connectivity index (χ3n) is 7.39. The van der Waals surface area contributed by atoms with Gasteiger partial charge in [0.05, 0.1) is 17.0 Å². The lowest BCUT2D eigenvalue weighted by molar-refractivity contribution is -0.125. The molecule has 2 aromatic rings. The van der Waals surface area contributed by atoms with Crippen molar-refractivity contribution in [1.82, 2.24) is 15.2 Å². The standard InChI is InChI=1S/C23H31N3O4/c27-17-8-11-26(13-17)14-19(15-4-2-1-3-5-15)24-21(28)23(9-10-23)16-6-7-20-18(12-16)25-22(29)30-20/h6-7,12,15,17,19,27H,1-5,8-11,13-14H2,(H,24,28)(H,25,29)/t17?,19-/m1/s1. The Morgan fingerprint density at radius 3 is 2.77 bits per heavy atom. The Labute approximate surface area is 175 Å². The van der Waals surface area contributed by atoms with Crippen molar-refractivity contribution in [3.63, 3.8) is 0 Å². The topological polar surface area (TPSA) is 98.6 Å². The molecule has 2 saturated carbocycles. The number of amides is 1. The molecule has 2 atom stereocenters. The summed E-state index contributed by atoms with van der Waals surface area (Å²) in [5.41, 5.74) is 1.61. The lowest BCUT2D eigenvalue weighted by atomic mass is 9.83. The van der Waals surface area contributed by atoms with Crippen LogP contribution in [0.15, 0.2) is 27.4 Å². The number of nitrogens with one attached hydrogen (secondary N) is 2. The minimum atomic E-state index is -0.500. The van der Waals surface area contributed by atoms with Gasteiger partial charge in [-0.3, -0.25) is 14.7 Å². The van der Waals surface area contributed by atoms with Crippen LogP contribution in [-0.2, 0) is 10.2 Å². The maximum atomic E-state index is 13.5. The molecule has 0 bridgehead atoms. The van der Waals surface area contributed by atoms with E-state index in [0.717, 1.165) is 50.8 Å². The third-order valence-corrected chi connectivity index (χ3v) is 7.39. The predicted octanol–water partition coefficient (Wildman–Crippen LogP) is 2.28. The normalized spacial score (nSPS) is 25.4. The van der Waals surface area contributed by atoms with Gasteiger partial charge in [-0.25, -0.2) is 4.79 Å². The van der Waals surface area contributed by atoms with E-state index in [1.54, 1.807) is 6.07 Å². The fraction of sp³-hybridized carbons (Fsp3) is 0.652. The number of β-amino-alcohol motifs (C(OH)–C–C–N with tert-alkyl or cyclic N) is 1. The van der Waals surface area contributed by atoms with Crippen LogP contribution in [0.2, 0.25) is 0 Å². The molecule has 1 aliphatic heterocycles. The van der Waals surface area contributed by atoms with E-state index in [9.17, 15) is 14.7 Å². The van der Waals surface area contributed by atoms with Gasteiger partial charge in [0.1, 0.15) is 0 Å². The Bertz CT molecular complexity index is 970. The summed E-state index contributed by atoms with van der Waals surface area (Å²) in [6, 6.07) is 5.70. The summed E-state index contributed by atoms with van der Waals surface area (Å²) in [6.45, 7) is 2.42. The molecule has 3 N–H and O–H groups in total. The SMILES string of the molecule is O=C(N[C@H](CN1CCC(O)C1)C1CCCCC1)C1(c2ccc3oc(=O)[nH]c3c2)CC1. The molecule has 1 aromatic carbocycles. The van der Waals surface area contributed by atoms with Crippen LogP contribution >= 0.6 is 0 Å². The predicted molar refractivity (Wildman–Crippen MR) is 113 cm³/mol. The second-order valence-electron chi connectivity index (χ2n) is 9.49. The number of oxazole rings is 1. The summed E-state index contributed by atoms with van der Waals surface area (Å²) in [7, 11) is 0. The smallest absolute Gasteiger partial charge is 0.408 e. The van der Waals surface area contributed by atoms with Crippen molar-refractivity contribution in [2.75, 3.05) is 19.6 Å². The number of benzene rings is 1. The Morgan fingerprint density at radius 1 is 1.27 bits per heavy atom. The molecule has 162 valence electrons. The van der Waals surface area contributed by atoms with E-state index in [4.69, 9.17) is 4.42 Å².